The Kier molecular flexibility index (Phi) is 5.11. The second-order valence-corrected chi connectivity index (χ2v) is 6.36. The number of rotatable bonds is 4. The van der Waals surface area contributed by atoms with Crippen LogP contribution in [0.3, 0.4) is 0 Å². The lowest BCUT2D eigenvalue weighted by Crippen LogP contribution is -2.52. The van der Waals surface area contributed by atoms with Gasteiger partial charge in [-0.2, -0.15) is 5.10 Å². The van der Waals surface area contributed by atoms with E-state index in [4.69, 9.17) is 0 Å². The van der Waals surface area contributed by atoms with Crippen LogP contribution in [0.5, 0.6) is 0 Å². The van der Waals surface area contributed by atoms with Gasteiger partial charge in [0, 0.05) is 26.2 Å². The van der Waals surface area contributed by atoms with E-state index in [0.29, 0.717) is 32.6 Å². The fourth-order valence-corrected chi connectivity index (χ4v) is 3.05. The van der Waals surface area contributed by atoms with Crippen LogP contribution in [0.15, 0.2) is 36.9 Å². The number of hydrogen-bond donors (Lipinski definition) is 0. The van der Waals surface area contributed by atoms with Gasteiger partial charge in [-0.1, -0.05) is 24.3 Å². The fraction of sp³-hybridized carbons (Fsp3) is 0.444. The molecule has 2 amide bonds. The molecule has 2 heterocycles. The molecule has 7 nitrogen and oxygen atoms in total. The molecule has 1 aliphatic heterocycles. The molecule has 0 spiro atoms. The molecule has 1 aromatic heterocycles. The third kappa shape index (κ3) is 3.87. The van der Waals surface area contributed by atoms with E-state index in [9.17, 15) is 9.59 Å². The Balaban J connectivity index is 1.54. The maximum atomic E-state index is 12.5. The molecule has 0 unspecified atom stereocenters. The molecule has 132 valence electrons. The van der Waals surface area contributed by atoms with Gasteiger partial charge in [-0.3, -0.25) is 9.59 Å². The molecule has 2 aromatic rings. The van der Waals surface area contributed by atoms with Gasteiger partial charge in [0.1, 0.15) is 18.7 Å². The van der Waals surface area contributed by atoms with E-state index in [2.05, 4.69) is 10.1 Å². The minimum Gasteiger partial charge on any atom is -0.339 e. The molecule has 1 fully saturated rings. The first-order valence-corrected chi connectivity index (χ1v) is 8.51. The van der Waals surface area contributed by atoms with Crippen LogP contribution in [0.1, 0.15) is 24.1 Å². The van der Waals surface area contributed by atoms with Crippen molar-refractivity contribution in [2.24, 2.45) is 0 Å². The van der Waals surface area contributed by atoms with Crippen LogP contribution in [0.25, 0.3) is 0 Å². The maximum Gasteiger partial charge on any atom is 0.247 e. The Labute approximate surface area is 147 Å². The molecule has 0 aliphatic carbocycles. The highest BCUT2D eigenvalue weighted by molar-refractivity contribution is 5.81. The lowest BCUT2D eigenvalue weighted by Gasteiger charge is -2.36. The Morgan fingerprint density at radius 2 is 1.80 bits per heavy atom. The number of benzene rings is 1. The summed E-state index contributed by atoms with van der Waals surface area (Å²) >= 11 is 0. The number of piperazine rings is 1. The van der Waals surface area contributed by atoms with Gasteiger partial charge in [-0.25, -0.2) is 9.67 Å². The van der Waals surface area contributed by atoms with Crippen molar-refractivity contribution in [2.45, 2.75) is 26.3 Å². The van der Waals surface area contributed by atoms with E-state index >= 15 is 0 Å². The van der Waals surface area contributed by atoms with Gasteiger partial charge in [0.25, 0.3) is 0 Å². The van der Waals surface area contributed by atoms with Gasteiger partial charge >= 0.3 is 0 Å². The van der Waals surface area contributed by atoms with Crippen molar-refractivity contribution in [3.63, 3.8) is 0 Å². The fourth-order valence-electron chi connectivity index (χ4n) is 3.05. The zero-order valence-electron chi connectivity index (χ0n) is 14.6. The number of nitrogens with zero attached hydrogens (tertiary/aromatic N) is 5. The van der Waals surface area contributed by atoms with E-state index < -0.39 is 0 Å². The molecule has 1 saturated heterocycles. The van der Waals surface area contributed by atoms with Crippen molar-refractivity contribution in [3.8, 4) is 0 Å². The highest BCUT2D eigenvalue weighted by atomic mass is 16.2. The summed E-state index contributed by atoms with van der Waals surface area (Å²) in [4.78, 5) is 32.6. The SMILES string of the molecule is Cc1ccccc1CC(=O)N1CCN(C(=O)[C@@H](C)n2cncn2)CC1. The van der Waals surface area contributed by atoms with Crippen molar-refractivity contribution >= 4 is 11.8 Å². The van der Waals surface area contributed by atoms with Crippen LogP contribution in [-0.2, 0) is 16.0 Å². The average Bonchev–Trinajstić information content (AvgIpc) is 3.17. The molecule has 0 saturated carbocycles. The first-order chi connectivity index (χ1) is 12.1. The maximum absolute atomic E-state index is 12.5. The molecule has 7 heteroatoms. The smallest absolute Gasteiger partial charge is 0.247 e. The predicted molar refractivity (Wildman–Crippen MR) is 92.8 cm³/mol. The van der Waals surface area contributed by atoms with E-state index in [1.165, 1.54) is 6.33 Å². The highest BCUT2D eigenvalue weighted by Gasteiger charge is 2.28. The number of carbonyl (C=O) groups excluding carboxylic acids is 2. The van der Waals surface area contributed by atoms with Crippen LogP contribution >= 0.6 is 0 Å². The third-order valence-electron chi connectivity index (χ3n) is 4.74. The van der Waals surface area contributed by atoms with Crippen molar-refractivity contribution in [1.29, 1.82) is 0 Å². The van der Waals surface area contributed by atoms with Crippen LogP contribution in [-0.4, -0.2) is 62.6 Å². The Bertz CT molecular complexity index is 736. The summed E-state index contributed by atoms with van der Waals surface area (Å²) in [5.74, 6) is 0.127. The number of carbonyl (C=O) groups is 2. The Hall–Kier alpha value is -2.70. The minimum absolute atomic E-state index is 0.0107. The van der Waals surface area contributed by atoms with E-state index in [0.717, 1.165) is 11.1 Å². The molecular weight excluding hydrogens is 318 g/mol. The third-order valence-corrected chi connectivity index (χ3v) is 4.74. The van der Waals surface area contributed by atoms with E-state index in [-0.39, 0.29) is 17.9 Å². The lowest BCUT2D eigenvalue weighted by molar-refractivity contribution is -0.141. The van der Waals surface area contributed by atoms with E-state index in [1.54, 1.807) is 15.9 Å². The monoisotopic (exact) mass is 341 g/mol. The molecule has 1 aliphatic rings. The van der Waals surface area contributed by atoms with Crippen molar-refractivity contribution in [3.05, 3.63) is 48.0 Å². The first kappa shape index (κ1) is 17.1. The second-order valence-electron chi connectivity index (χ2n) is 6.36. The summed E-state index contributed by atoms with van der Waals surface area (Å²) in [6.07, 6.45) is 3.38. The molecule has 0 bridgehead atoms. The Morgan fingerprint density at radius 3 is 2.44 bits per heavy atom. The number of amides is 2. The topological polar surface area (TPSA) is 71.3 Å². The Morgan fingerprint density at radius 1 is 1.12 bits per heavy atom. The van der Waals surface area contributed by atoms with Gasteiger partial charge in [0.2, 0.25) is 11.8 Å². The molecule has 1 atom stereocenters. The lowest BCUT2D eigenvalue weighted by atomic mass is 10.1. The zero-order valence-corrected chi connectivity index (χ0v) is 14.6. The van der Waals surface area contributed by atoms with Crippen molar-refractivity contribution < 1.29 is 9.59 Å². The largest absolute Gasteiger partial charge is 0.339 e. The standard InChI is InChI=1S/C18H23N5O2/c1-14-5-3-4-6-16(14)11-17(24)21-7-9-22(10-8-21)18(25)15(2)23-13-19-12-20-23/h3-6,12-13,15H,7-11H2,1-2H3/t15-/m1/s1. The van der Waals surface area contributed by atoms with Crippen molar-refractivity contribution in [2.75, 3.05) is 26.2 Å². The molecular formula is C18H23N5O2. The predicted octanol–water partition coefficient (Wildman–Crippen LogP) is 1.06. The van der Waals surface area contributed by atoms with Crippen LogP contribution < -0.4 is 0 Å². The number of aromatic nitrogens is 3. The molecule has 0 N–H and O–H groups in total. The van der Waals surface area contributed by atoms with Gasteiger partial charge in [0.15, 0.2) is 0 Å². The molecule has 3 rings (SSSR count). The summed E-state index contributed by atoms with van der Waals surface area (Å²) in [7, 11) is 0. The summed E-state index contributed by atoms with van der Waals surface area (Å²) in [5, 5.41) is 4.02. The molecule has 25 heavy (non-hydrogen) atoms. The second kappa shape index (κ2) is 7.46. The van der Waals surface area contributed by atoms with E-state index in [1.807, 2.05) is 43.0 Å². The average molecular weight is 341 g/mol. The van der Waals surface area contributed by atoms with Gasteiger partial charge in [0.05, 0.1) is 6.42 Å². The quantitative estimate of drug-likeness (QED) is 0.834. The minimum atomic E-state index is -0.378. The van der Waals surface area contributed by atoms with Gasteiger partial charge in [-0.05, 0) is 25.0 Å². The molecule has 1 aromatic carbocycles. The summed E-state index contributed by atoms with van der Waals surface area (Å²) in [5.41, 5.74) is 2.19. The summed E-state index contributed by atoms with van der Waals surface area (Å²) < 4.78 is 1.55. The summed E-state index contributed by atoms with van der Waals surface area (Å²) in [6, 6.07) is 7.57. The van der Waals surface area contributed by atoms with Crippen LogP contribution in [0.2, 0.25) is 0 Å². The first-order valence-electron chi connectivity index (χ1n) is 8.51. The number of hydrogen-bond acceptors (Lipinski definition) is 4. The van der Waals surface area contributed by atoms with Gasteiger partial charge < -0.3 is 9.80 Å². The van der Waals surface area contributed by atoms with Crippen LogP contribution in [0.4, 0.5) is 0 Å². The van der Waals surface area contributed by atoms with Crippen molar-refractivity contribution in [1.82, 2.24) is 24.6 Å². The summed E-state index contributed by atoms with van der Waals surface area (Å²) in [6.45, 7) is 6.08. The molecule has 0 radical (unpaired) electrons. The highest BCUT2D eigenvalue weighted by Crippen LogP contribution is 2.13. The van der Waals surface area contributed by atoms with Crippen LogP contribution in [0, 0.1) is 6.92 Å². The normalized spacial score (nSPS) is 15.9. The van der Waals surface area contributed by atoms with Gasteiger partial charge in [-0.15, -0.1) is 0 Å². The number of aryl methyl sites for hydroxylation is 1. The zero-order chi connectivity index (χ0) is 17.8.